The largest absolute Gasteiger partial charge is 0.478 e. The number of nitrogens with zero attached hydrogens (tertiary/aromatic N) is 1. The Bertz CT molecular complexity index is 313. The van der Waals surface area contributed by atoms with Crippen LogP contribution in [0.15, 0.2) is 18.3 Å². The summed E-state index contributed by atoms with van der Waals surface area (Å²) in [4.78, 5) is 14.6. The Kier molecular flexibility index (Phi) is 5.14. The van der Waals surface area contributed by atoms with Crippen LogP contribution in [0.1, 0.15) is 16.1 Å². The molecule has 0 amide bonds. The molecule has 0 aromatic carbocycles. The SMILES string of the molecule is COCCSCc1ccc(C(=O)O)cn1. The van der Waals surface area contributed by atoms with Gasteiger partial charge in [0, 0.05) is 24.8 Å². The van der Waals surface area contributed by atoms with Crippen LogP contribution in [0.2, 0.25) is 0 Å². The van der Waals surface area contributed by atoms with Crippen molar-refractivity contribution in [2.24, 2.45) is 0 Å². The third-order valence-electron chi connectivity index (χ3n) is 1.75. The lowest BCUT2D eigenvalue weighted by molar-refractivity contribution is 0.0696. The number of pyridine rings is 1. The Morgan fingerprint density at radius 2 is 2.40 bits per heavy atom. The van der Waals surface area contributed by atoms with Crippen molar-refractivity contribution in [2.75, 3.05) is 19.5 Å². The van der Waals surface area contributed by atoms with Gasteiger partial charge in [-0.25, -0.2) is 4.79 Å². The second-order valence-corrected chi connectivity index (χ2v) is 3.99. The fourth-order valence-electron chi connectivity index (χ4n) is 0.955. The minimum atomic E-state index is -0.943. The van der Waals surface area contributed by atoms with Crippen LogP contribution in [0.25, 0.3) is 0 Å². The Morgan fingerprint density at radius 1 is 1.60 bits per heavy atom. The number of carboxylic acids is 1. The third kappa shape index (κ3) is 4.31. The van der Waals surface area contributed by atoms with E-state index in [0.717, 1.165) is 23.8 Å². The van der Waals surface area contributed by atoms with Crippen LogP contribution in [-0.2, 0) is 10.5 Å². The summed E-state index contributed by atoms with van der Waals surface area (Å²) in [6.07, 6.45) is 1.38. The van der Waals surface area contributed by atoms with Crippen molar-refractivity contribution in [2.45, 2.75) is 5.75 Å². The maximum atomic E-state index is 10.5. The second-order valence-electron chi connectivity index (χ2n) is 2.89. The molecule has 15 heavy (non-hydrogen) atoms. The number of aromatic carboxylic acids is 1. The van der Waals surface area contributed by atoms with Gasteiger partial charge in [0.25, 0.3) is 0 Å². The van der Waals surface area contributed by atoms with Gasteiger partial charge in [0.15, 0.2) is 0 Å². The van der Waals surface area contributed by atoms with E-state index in [4.69, 9.17) is 9.84 Å². The normalized spacial score (nSPS) is 10.2. The maximum absolute atomic E-state index is 10.5. The molecule has 0 aliphatic carbocycles. The summed E-state index contributed by atoms with van der Waals surface area (Å²) in [6, 6.07) is 3.31. The van der Waals surface area contributed by atoms with Crippen LogP contribution >= 0.6 is 11.8 Å². The summed E-state index contributed by atoms with van der Waals surface area (Å²) >= 11 is 1.71. The van der Waals surface area contributed by atoms with Crippen molar-refractivity contribution in [3.05, 3.63) is 29.6 Å². The lowest BCUT2D eigenvalue weighted by atomic mass is 10.2. The summed E-state index contributed by atoms with van der Waals surface area (Å²) < 4.78 is 4.91. The molecular formula is C10H13NO3S. The highest BCUT2D eigenvalue weighted by Crippen LogP contribution is 2.10. The Labute approximate surface area is 92.7 Å². The molecule has 0 saturated carbocycles. The van der Waals surface area contributed by atoms with Crippen LogP contribution in [0.3, 0.4) is 0 Å². The lowest BCUT2D eigenvalue weighted by Gasteiger charge is -2.01. The summed E-state index contributed by atoms with van der Waals surface area (Å²) in [5, 5.41) is 8.66. The number of carbonyl (C=O) groups is 1. The first-order valence-electron chi connectivity index (χ1n) is 4.49. The van der Waals surface area contributed by atoms with E-state index in [0.29, 0.717) is 0 Å². The molecule has 1 heterocycles. The van der Waals surface area contributed by atoms with E-state index in [-0.39, 0.29) is 5.56 Å². The van der Waals surface area contributed by atoms with Gasteiger partial charge >= 0.3 is 5.97 Å². The fraction of sp³-hybridized carbons (Fsp3) is 0.400. The average molecular weight is 227 g/mol. The number of hydrogen-bond acceptors (Lipinski definition) is 4. The van der Waals surface area contributed by atoms with Gasteiger partial charge < -0.3 is 9.84 Å². The molecular weight excluding hydrogens is 214 g/mol. The molecule has 0 fully saturated rings. The van der Waals surface area contributed by atoms with E-state index in [9.17, 15) is 4.79 Å². The molecule has 1 rings (SSSR count). The van der Waals surface area contributed by atoms with Gasteiger partial charge in [-0.2, -0.15) is 11.8 Å². The number of methoxy groups -OCH3 is 1. The molecule has 0 aliphatic rings. The molecule has 1 N–H and O–H groups in total. The highest BCUT2D eigenvalue weighted by Gasteiger charge is 2.02. The van der Waals surface area contributed by atoms with Crippen LogP contribution in [0.5, 0.6) is 0 Å². The first kappa shape index (κ1) is 12.0. The Morgan fingerprint density at radius 3 is 2.93 bits per heavy atom. The molecule has 0 unspecified atom stereocenters. The Hall–Kier alpha value is -1.07. The quantitative estimate of drug-likeness (QED) is 0.749. The van der Waals surface area contributed by atoms with E-state index in [2.05, 4.69) is 4.98 Å². The smallest absolute Gasteiger partial charge is 0.337 e. The van der Waals surface area contributed by atoms with Gasteiger partial charge in [0.05, 0.1) is 17.9 Å². The Balaban J connectivity index is 2.39. The predicted molar refractivity (Wildman–Crippen MR) is 59.2 cm³/mol. The monoisotopic (exact) mass is 227 g/mol. The van der Waals surface area contributed by atoms with Gasteiger partial charge in [0.1, 0.15) is 0 Å². The highest BCUT2D eigenvalue weighted by atomic mass is 32.2. The zero-order chi connectivity index (χ0) is 11.1. The van der Waals surface area contributed by atoms with Crippen molar-refractivity contribution in [1.29, 1.82) is 0 Å². The molecule has 82 valence electrons. The molecule has 0 atom stereocenters. The highest BCUT2D eigenvalue weighted by molar-refractivity contribution is 7.98. The fourth-order valence-corrected chi connectivity index (χ4v) is 1.76. The zero-order valence-corrected chi connectivity index (χ0v) is 9.29. The van der Waals surface area contributed by atoms with Crippen molar-refractivity contribution in [1.82, 2.24) is 4.98 Å². The van der Waals surface area contributed by atoms with Gasteiger partial charge in [-0.3, -0.25) is 4.98 Å². The number of carboxylic acid groups (broad SMARTS) is 1. The van der Waals surface area contributed by atoms with Crippen LogP contribution < -0.4 is 0 Å². The summed E-state index contributed by atoms with van der Waals surface area (Å²) in [5.74, 6) is 0.753. The summed E-state index contributed by atoms with van der Waals surface area (Å²) in [7, 11) is 1.67. The van der Waals surface area contributed by atoms with Crippen LogP contribution in [0.4, 0.5) is 0 Å². The number of hydrogen-bond donors (Lipinski definition) is 1. The van der Waals surface area contributed by atoms with E-state index in [1.165, 1.54) is 6.20 Å². The van der Waals surface area contributed by atoms with Crippen molar-refractivity contribution < 1.29 is 14.6 Å². The van der Waals surface area contributed by atoms with Crippen molar-refractivity contribution in [3.8, 4) is 0 Å². The first-order chi connectivity index (χ1) is 7.24. The molecule has 1 aromatic heterocycles. The molecule has 0 aliphatic heterocycles. The first-order valence-corrected chi connectivity index (χ1v) is 5.64. The molecule has 4 nitrogen and oxygen atoms in total. The number of rotatable bonds is 6. The zero-order valence-electron chi connectivity index (χ0n) is 8.47. The van der Waals surface area contributed by atoms with Crippen molar-refractivity contribution in [3.63, 3.8) is 0 Å². The standard InChI is InChI=1S/C10H13NO3S/c1-14-4-5-15-7-9-3-2-8(6-11-9)10(12)13/h2-3,6H,4-5,7H2,1H3,(H,12,13). The maximum Gasteiger partial charge on any atom is 0.337 e. The minimum absolute atomic E-state index is 0.223. The molecule has 0 bridgehead atoms. The van der Waals surface area contributed by atoms with Gasteiger partial charge in [-0.1, -0.05) is 0 Å². The molecule has 0 saturated heterocycles. The van der Waals surface area contributed by atoms with Gasteiger partial charge in [-0.05, 0) is 12.1 Å². The minimum Gasteiger partial charge on any atom is -0.478 e. The van der Waals surface area contributed by atoms with Crippen molar-refractivity contribution >= 4 is 17.7 Å². The van der Waals surface area contributed by atoms with E-state index < -0.39 is 5.97 Å². The average Bonchev–Trinajstić information content (AvgIpc) is 2.25. The van der Waals surface area contributed by atoms with Crippen LogP contribution in [-0.4, -0.2) is 35.5 Å². The van der Waals surface area contributed by atoms with Gasteiger partial charge in [-0.15, -0.1) is 0 Å². The lowest BCUT2D eigenvalue weighted by Crippen LogP contribution is -1.98. The molecule has 0 radical (unpaired) electrons. The van der Waals surface area contributed by atoms with Crippen LogP contribution in [0, 0.1) is 0 Å². The van der Waals surface area contributed by atoms with E-state index in [1.54, 1.807) is 31.0 Å². The number of aromatic nitrogens is 1. The number of thioether (sulfide) groups is 1. The van der Waals surface area contributed by atoms with E-state index in [1.807, 2.05) is 0 Å². The van der Waals surface area contributed by atoms with E-state index >= 15 is 0 Å². The molecule has 0 spiro atoms. The summed E-state index contributed by atoms with van der Waals surface area (Å²) in [5.41, 5.74) is 1.11. The topological polar surface area (TPSA) is 59.4 Å². The molecule has 1 aromatic rings. The number of ether oxygens (including phenoxy) is 1. The third-order valence-corrected chi connectivity index (χ3v) is 2.71. The summed E-state index contributed by atoms with van der Waals surface area (Å²) in [6.45, 7) is 0.720. The van der Waals surface area contributed by atoms with Gasteiger partial charge in [0.2, 0.25) is 0 Å². The predicted octanol–water partition coefficient (Wildman–Crippen LogP) is 1.66. The second kappa shape index (κ2) is 6.42. The molecule has 5 heteroatoms.